The largest absolute Gasteiger partial charge is 0.346 e. The molecular formula is C21H20BrN5O2S. The Bertz CT molecular complexity index is 1050. The van der Waals surface area contributed by atoms with E-state index in [1.807, 2.05) is 53.2 Å². The molecule has 30 heavy (non-hydrogen) atoms. The molecule has 0 spiro atoms. The maximum absolute atomic E-state index is 12.2. The first kappa shape index (κ1) is 20.6. The second kappa shape index (κ2) is 9.44. The van der Waals surface area contributed by atoms with Crippen molar-refractivity contribution in [1.82, 2.24) is 20.1 Å². The Hall–Kier alpha value is -2.65. The summed E-state index contributed by atoms with van der Waals surface area (Å²) in [5, 5.41) is 10.5. The Morgan fingerprint density at radius 3 is 2.53 bits per heavy atom. The lowest BCUT2D eigenvalue weighted by molar-refractivity contribution is -0.122. The number of para-hydroxylation sites is 2. The van der Waals surface area contributed by atoms with Gasteiger partial charge in [0.2, 0.25) is 17.0 Å². The van der Waals surface area contributed by atoms with E-state index in [0.717, 1.165) is 28.8 Å². The van der Waals surface area contributed by atoms with Crippen molar-refractivity contribution >= 4 is 45.2 Å². The highest BCUT2D eigenvalue weighted by molar-refractivity contribution is 9.10. The van der Waals surface area contributed by atoms with Gasteiger partial charge in [-0.25, -0.2) is 9.67 Å². The summed E-state index contributed by atoms with van der Waals surface area (Å²) in [6.45, 7) is -0.0973. The summed E-state index contributed by atoms with van der Waals surface area (Å²) in [6, 6.07) is 17.2. The van der Waals surface area contributed by atoms with E-state index >= 15 is 0 Å². The monoisotopic (exact) mass is 485 g/mol. The van der Waals surface area contributed by atoms with Crippen LogP contribution in [0.25, 0.3) is 5.69 Å². The summed E-state index contributed by atoms with van der Waals surface area (Å²) in [5.74, 6) is 0.985. The van der Waals surface area contributed by atoms with Crippen molar-refractivity contribution in [2.75, 3.05) is 17.6 Å². The second-order valence-corrected chi connectivity index (χ2v) is 8.66. The van der Waals surface area contributed by atoms with Crippen LogP contribution in [0.1, 0.15) is 24.6 Å². The van der Waals surface area contributed by atoms with Crippen molar-refractivity contribution in [3.8, 4) is 5.69 Å². The predicted octanol–water partition coefficient (Wildman–Crippen LogP) is 3.75. The summed E-state index contributed by atoms with van der Waals surface area (Å²) in [5.41, 5.74) is 1.63. The number of halogens is 1. The Morgan fingerprint density at radius 1 is 1.07 bits per heavy atom. The van der Waals surface area contributed by atoms with Gasteiger partial charge < -0.3 is 10.6 Å². The molecule has 1 aliphatic carbocycles. The number of benzene rings is 2. The minimum Gasteiger partial charge on any atom is -0.346 e. The fourth-order valence-electron chi connectivity index (χ4n) is 2.85. The third-order valence-corrected chi connectivity index (χ3v) is 6.01. The zero-order chi connectivity index (χ0) is 20.9. The van der Waals surface area contributed by atoms with Crippen LogP contribution in [-0.4, -0.2) is 38.9 Å². The highest BCUT2D eigenvalue weighted by atomic mass is 79.9. The van der Waals surface area contributed by atoms with Gasteiger partial charge in [0.25, 0.3) is 0 Å². The van der Waals surface area contributed by atoms with Crippen LogP contribution in [0.4, 0.5) is 5.69 Å². The summed E-state index contributed by atoms with van der Waals surface area (Å²) in [6.07, 6.45) is 2.23. The highest BCUT2D eigenvalue weighted by Crippen LogP contribution is 2.40. The van der Waals surface area contributed by atoms with Gasteiger partial charge >= 0.3 is 0 Å². The molecule has 0 atom stereocenters. The molecule has 1 saturated carbocycles. The van der Waals surface area contributed by atoms with Crippen LogP contribution in [0.3, 0.4) is 0 Å². The average Bonchev–Trinajstić information content (AvgIpc) is 3.52. The van der Waals surface area contributed by atoms with Crippen LogP contribution >= 0.6 is 27.7 Å². The molecule has 0 unspecified atom stereocenters. The number of aromatic nitrogens is 3. The Balaban J connectivity index is 1.30. The number of nitrogens with one attached hydrogen (secondary N) is 2. The first-order chi connectivity index (χ1) is 14.6. The van der Waals surface area contributed by atoms with Crippen molar-refractivity contribution in [2.45, 2.75) is 23.9 Å². The number of nitrogens with zero attached hydrogens (tertiary/aromatic N) is 3. The quantitative estimate of drug-likeness (QED) is 0.474. The van der Waals surface area contributed by atoms with Gasteiger partial charge in [-0.2, -0.15) is 0 Å². The molecule has 4 rings (SSSR count). The predicted molar refractivity (Wildman–Crippen MR) is 120 cm³/mol. The van der Waals surface area contributed by atoms with Crippen molar-refractivity contribution < 1.29 is 9.59 Å². The topological polar surface area (TPSA) is 88.9 Å². The van der Waals surface area contributed by atoms with Crippen LogP contribution < -0.4 is 10.6 Å². The normalized spacial score (nSPS) is 13.1. The zero-order valence-electron chi connectivity index (χ0n) is 16.0. The molecule has 9 heteroatoms. The van der Waals surface area contributed by atoms with E-state index in [0.29, 0.717) is 16.8 Å². The number of amides is 2. The van der Waals surface area contributed by atoms with Crippen LogP contribution in [0.15, 0.2) is 64.2 Å². The molecule has 2 N–H and O–H groups in total. The molecule has 1 heterocycles. The Kier molecular flexibility index (Phi) is 6.49. The second-order valence-electron chi connectivity index (χ2n) is 6.87. The molecule has 2 amide bonds. The van der Waals surface area contributed by atoms with E-state index in [1.54, 1.807) is 6.07 Å². The zero-order valence-corrected chi connectivity index (χ0v) is 18.4. The maximum Gasteiger partial charge on any atom is 0.243 e. The molecule has 0 bridgehead atoms. The first-order valence-electron chi connectivity index (χ1n) is 9.56. The fourth-order valence-corrected chi connectivity index (χ4v) is 3.89. The Labute approximate surface area is 186 Å². The molecule has 1 aromatic heterocycles. The number of carbonyl (C=O) groups excluding carboxylic acids is 2. The minimum absolute atomic E-state index is 0.0973. The van der Waals surface area contributed by atoms with Crippen molar-refractivity contribution in [1.29, 1.82) is 0 Å². The number of rotatable bonds is 8. The van der Waals surface area contributed by atoms with Gasteiger partial charge in [0, 0.05) is 10.4 Å². The lowest BCUT2D eigenvalue weighted by atomic mass is 10.3. The van der Waals surface area contributed by atoms with Gasteiger partial charge in [-0.15, -0.1) is 5.10 Å². The summed E-state index contributed by atoms with van der Waals surface area (Å²) < 4.78 is 2.65. The van der Waals surface area contributed by atoms with Gasteiger partial charge in [0.1, 0.15) is 5.82 Å². The molecule has 1 aliphatic rings. The third kappa shape index (κ3) is 5.28. The first-order valence-corrected chi connectivity index (χ1v) is 11.3. The molecule has 2 aromatic carbocycles. The van der Waals surface area contributed by atoms with Crippen LogP contribution in [0, 0.1) is 0 Å². The van der Waals surface area contributed by atoms with E-state index in [9.17, 15) is 9.59 Å². The van der Waals surface area contributed by atoms with Crippen LogP contribution in [0.5, 0.6) is 0 Å². The molecule has 0 aliphatic heterocycles. The minimum atomic E-state index is -0.289. The van der Waals surface area contributed by atoms with Gasteiger partial charge in [-0.05, 0) is 53.0 Å². The van der Waals surface area contributed by atoms with Crippen LogP contribution in [0.2, 0.25) is 0 Å². The number of thioether (sulfide) groups is 1. The Morgan fingerprint density at radius 2 is 1.80 bits per heavy atom. The van der Waals surface area contributed by atoms with E-state index < -0.39 is 0 Å². The van der Waals surface area contributed by atoms with Crippen LogP contribution in [-0.2, 0) is 9.59 Å². The number of hydrogen-bond acceptors (Lipinski definition) is 5. The van der Waals surface area contributed by atoms with Gasteiger partial charge in [-0.1, -0.05) is 42.1 Å². The van der Waals surface area contributed by atoms with E-state index in [-0.39, 0.29) is 24.1 Å². The maximum atomic E-state index is 12.2. The van der Waals surface area contributed by atoms with E-state index in [4.69, 9.17) is 0 Å². The SMILES string of the molecule is O=C(CSc1nc(C2CC2)n(-c2ccccc2)n1)NCC(=O)Nc1ccccc1Br. The highest BCUT2D eigenvalue weighted by Gasteiger charge is 2.30. The standard InChI is InChI=1S/C21H20BrN5O2S/c22-16-8-4-5-9-17(16)24-18(28)12-23-19(29)13-30-21-25-20(14-10-11-14)27(26-21)15-6-2-1-3-7-15/h1-9,14H,10-13H2,(H,23,29)(H,24,28). The third-order valence-electron chi connectivity index (χ3n) is 4.48. The van der Waals surface area contributed by atoms with Crippen molar-refractivity contribution in [3.05, 3.63) is 64.9 Å². The van der Waals surface area contributed by atoms with Gasteiger partial charge in [0.05, 0.1) is 23.7 Å². The molecule has 7 nitrogen and oxygen atoms in total. The molecule has 0 saturated heterocycles. The number of carbonyl (C=O) groups is 2. The molecular weight excluding hydrogens is 466 g/mol. The summed E-state index contributed by atoms with van der Waals surface area (Å²) in [4.78, 5) is 28.8. The smallest absolute Gasteiger partial charge is 0.243 e. The van der Waals surface area contributed by atoms with Gasteiger partial charge in [0.15, 0.2) is 0 Å². The van der Waals surface area contributed by atoms with Crippen molar-refractivity contribution in [3.63, 3.8) is 0 Å². The lowest BCUT2D eigenvalue weighted by Crippen LogP contribution is -2.34. The summed E-state index contributed by atoms with van der Waals surface area (Å²) >= 11 is 4.64. The summed E-state index contributed by atoms with van der Waals surface area (Å²) in [7, 11) is 0. The van der Waals surface area contributed by atoms with E-state index in [1.165, 1.54) is 11.8 Å². The van der Waals surface area contributed by atoms with Crippen molar-refractivity contribution in [2.24, 2.45) is 0 Å². The molecule has 3 aromatic rings. The molecule has 1 fully saturated rings. The fraction of sp³-hybridized carbons (Fsp3) is 0.238. The van der Waals surface area contributed by atoms with E-state index in [2.05, 4.69) is 36.6 Å². The number of hydrogen-bond donors (Lipinski definition) is 2. The number of anilines is 1. The average molecular weight is 486 g/mol. The molecule has 154 valence electrons. The molecule has 0 radical (unpaired) electrons. The van der Waals surface area contributed by atoms with Gasteiger partial charge in [-0.3, -0.25) is 9.59 Å². The lowest BCUT2D eigenvalue weighted by Gasteiger charge is -2.08.